The van der Waals surface area contributed by atoms with Gasteiger partial charge in [-0.2, -0.15) is 0 Å². The second-order valence-electron chi connectivity index (χ2n) is 5.53. The van der Waals surface area contributed by atoms with Gasteiger partial charge < -0.3 is 10.1 Å². The summed E-state index contributed by atoms with van der Waals surface area (Å²) in [5.74, 6) is 0. The number of ether oxygens (including phenoxy) is 1. The van der Waals surface area contributed by atoms with E-state index in [1.807, 2.05) is 27.7 Å². The first-order chi connectivity index (χ1) is 7.29. The number of amides is 1. The minimum absolute atomic E-state index is 0.142. The second-order valence-corrected chi connectivity index (χ2v) is 5.53. The maximum atomic E-state index is 11.7. The predicted molar refractivity (Wildman–Crippen MR) is 65.4 cm³/mol. The van der Waals surface area contributed by atoms with Crippen LogP contribution in [-0.2, 0) is 4.74 Å². The van der Waals surface area contributed by atoms with Gasteiger partial charge in [-0.15, -0.1) is 0 Å². The molecule has 0 aromatic carbocycles. The summed E-state index contributed by atoms with van der Waals surface area (Å²) in [6, 6.07) is 0. The molecule has 3 heteroatoms. The Bertz CT molecular complexity index is 296. The van der Waals surface area contributed by atoms with Crippen LogP contribution < -0.4 is 5.32 Å². The third-order valence-corrected chi connectivity index (χ3v) is 3.14. The molecule has 0 heterocycles. The van der Waals surface area contributed by atoms with E-state index in [0.29, 0.717) is 0 Å². The number of rotatable bonds is 2. The molecule has 16 heavy (non-hydrogen) atoms. The Kier molecular flexibility index (Phi) is 3.66. The van der Waals surface area contributed by atoms with E-state index in [9.17, 15) is 4.79 Å². The Morgan fingerprint density at radius 1 is 1.38 bits per heavy atom. The normalized spacial score (nSPS) is 19.9. The van der Waals surface area contributed by atoms with E-state index in [1.54, 1.807) is 0 Å². The molecule has 1 aliphatic rings. The van der Waals surface area contributed by atoms with Crippen LogP contribution in [0, 0.1) is 0 Å². The molecule has 0 unspecified atom stereocenters. The van der Waals surface area contributed by atoms with E-state index in [2.05, 4.69) is 18.3 Å². The highest BCUT2D eigenvalue weighted by molar-refractivity contribution is 5.70. The van der Waals surface area contributed by atoms with Gasteiger partial charge in [0.25, 0.3) is 0 Å². The van der Waals surface area contributed by atoms with Gasteiger partial charge >= 0.3 is 6.09 Å². The fraction of sp³-hybridized carbons (Fsp3) is 0.769. The molecule has 3 nitrogen and oxygen atoms in total. The highest BCUT2D eigenvalue weighted by Gasteiger charge is 2.40. The smallest absolute Gasteiger partial charge is 0.408 e. The highest BCUT2D eigenvalue weighted by Crippen LogP contribution is 2.38. The minimum atomic E-state index is -0.432. The zero-order valence-corrected chi connectivity index (χ0v) is 11.0. The summed E-state index contributed by atoms with van der Waals surface area (Å²) in [4.78, 5) is 11.7. The Balaban J connectivity index is 2.61. The third kappa shape index (κ3) is 3.00. The van der Waals surface area contributed by atoms with Crippen molar-refractivity contribution in [3.8, 4) is 0 Å². The van der Waals surface area contributed by atoms with Crippen molar-refractivity contribution in [2.45, 2.75) is 65.0 Å². The summed E-state index contributed by atoms with van der Waals surface area (Å²) in [5.41, 5.74) is 0.653. The van der Waals surface area contributed by atoms with Crippen molar-refractivity contribution >= 4 is 6.09 Å². The Hall–Kier alpha value is -0.990. The highest BCUT2D eigenvalue weighted by atomic mass is 16.6. The molecule has 1 fully saturated rings. The lowest BCUT2D eigenvalue weighted by Crippen LogP contribution is -2.55. The van der Waals surface area contributed by atoms with Crippen LogP contribution in [0.2, 0.25) is 0 Å². The lowest BCUT2D eigenvalue weighted by molar-refractivity contribution is 0.0421. The van der Waals surface area contributed by atoms with E-state index in [4.69, 9.17) is 4.74 Å². The van der Waals surface area contributed by atoms with Gasteiger partial charge in [-0.3, -0.25) is 0 Å². The van der Waals surface area contributed by atoms with Crippen molar-refractivity contribution in [3.05, 3.63) is 11.6 Å². The number of hydrogen-bond acceptors (Lipinski definition) is 2. The van der Waals surface area contributed by atoms with E-state index >= 15 is 0 Å². The fourth-order valence-corrected chi connectivity index (χ4v) is 1.92. The summed E-state index contributed by atoms with van der Waals surface area (Å²) in [6.45, 7) is 9.70. The van der Waals surface area contributed by atoms with Crippen LogP contribution in [-0.4, -0.2) is 17.2 Å². The molecule has 0 aromatic rings. The van der Waals surface area contributed by atoms with Crippen molar-refractivity contribution in [3.63, 3.8) is 0 Å². The molecule has 1 saturated carbocycles. The van der Waals surface area contributed by atoms with Crippen molar-refractivity contribution < 1.29 is 9.53 Å². The van der Waals surface area contributed by atoms with Crippen LogP contribution >= 0.6 is 0 Å². The first kappa shape index (κ1) is 13.1. The number of alkyl carbamates (subject to hydrolysis) is 1. The average molecular weight is 225 g/mol. The van der Waals surface area contributed by atoms with Crippen LogP contribution in [0.3, 0.4) is 0 Å². The van der Waals surface area contributed by atoms with E-state index < -0.39 is 5.60 Å². The molecule has 1 aliphatic carbocycles. The third-order valence-electron chi connectivity index (χ3n) is 3.14. The molecule has 0 aromatic heterocycles. The van der Waals surface area contributed by atoms with Crippen LogP contribution in [0.1, 0.15) is 53.9 Å². The molecule has 0 spiro atoms. The van der Waals surface area contributed by atoms with Gasteiger partial charge in [0, 0.05) is 0 Å². The summed E-state index contributed by atoms with van der Waals surface area (Å²) < 4.78 is 5.29. The number of carbonyl (C=O) groups is 1. The molecule has 0 saturated heterocycles. The van der Waals surface area contributed by atoms with E-state index in [0.717, 1.165) is 12.8 Å². The first-order valence-corrected chi connectivity index (χ1v) is 5.94. The van der Waals surface area contributed by atoms with Gasteiger partial charge in [-0.25, -0.2) is 4.79 Å². The molecule has 1 amide bonds. The first-order valence-electron chi connectivity index (χ1n) is 5.94. The topological polar surface area (TPSA) is 38.3 Å². The standard InChI is InChI=1S/C13H23NO2/c1-6-10(2)13(8-7-9-13)14-11(15)16-12(3,4)5/h6H,7-9H2,1-5H3,(H,14,15). The average Bonchev–Trinajstić information content (AvgIpc) is 2.07. The molecule has 0 radical (unpaired) electrons. The Morgan fingerprint density at radius 3 is 2.25 bits per heavy atom. The molecular formula is C13H23NO2. The van der Waals surface area contributed by atoms with Gasteiger partial charge in [0.1, 0.15) is 5.60 Å². The minimum Gasteiger partial charge on any atom is -0.444 e. The lowest BCUT2D eigenvalue weighted by Gasteiger charge is -2.43. The molecule has 92 valence electrons. The molecule has 0 bridgehead atoms. The van der Waals surface area contributed by atoms with E-state index in [1.165, 1.54) is 12.0 Å². The van der Waals surface area contributed by atoms with Crippen LogP contribution in [0.25, 0.3) is 0 Å². The molecule has 1 N–H and O–H groups in total. The summed E-state index contributed by atoms with van der Waals surface area (Å²) in [6.07, 6.45) is 4.95. The summed E-state index contributed by atoms with van der Waals surface area (Å²) >= 11 is 0. The van der Waals surface area contributed by atoms with Crippen molar-refractivity contribution in [1.82, 2.24) is 5.32 Å². The van der Waals surface area contributed by atoms with Crippen molar-refractivity contribution in [2.75, 3.05) is 0 Å². The molecule has 0 aliphatic heterocycles. The van der Waals surface area contributed by atoms with Crippen molar-refractivity contribution in [1.29, 1.82) is 0 Å². The summed E-state index contributed by atoms with van der Waals surface area (Å²) in [5, 5.41) is 3.01. The lowest BCUT2D eigenvalue weighted by atomic mass is 9.72. The molecule has 1 rings (SSSR count). The van der Waals surface area contributed by atoms with Gasteiger partial charge in [0.15, 0.2) is 0 Å². The van der Waals surface area contributed by atoms with Crippen LogP contribution in [0.4, 0.5) is 4.79 Å². The predicted octanol–water partition coefficient (Wildman–Crippen LogP) is 3.40. The Morgan fingerprint density at radius 2 is 1.94 bits per heavy atom. The number of nitrogens with one attached hydrogen (secondary N) is 1. The quantitative estimate of drug-likeness (QED) is 0.731. The number of allylic oxidation sites excluding steroid dienone is 1. The number of hydrogen-bond donors (Lipinski definition) is 1. The monoisotopic (exact) mass is 225 g/mol. The van der Waals surface area contributed by atoms with Gasteiger partial charge in [0.05, 0.1) is 5.54 Å². The second kappa shape index (κ2) is 4.48. The zero-order valence-electron chi connectivity index (χ0n) is 11.0. The van der Waals surface area contributed by atoms with Crippen molar-refractivity contribution in [2.24, 2.45) is 0 Å². The largest absolute Gasteiger partial charge is 0.444 e. The fourth-order valence-electron chi connectivity index (χ4n) is 1.92. The SMILES string of the molecule is CC=C(C)C1(NC(=O)OC(C)(C)C)CCC1. The maximum absolute atomic E-state index is 11.7. The maximum Gasteiger partial charge on any atom is 0.408 e. The molecular weight excluding hydrogens is 202 g/mol. The number of carbonyl (C=O) groups excluding carboxylic acids is 1. The zero-order chi connectivity index (χ0) is 12.4. The van der Waals surface area contributed by atoms with Crippen LogP contribution in [0.5, 0.6) is 0 Å². The summed E-state index contributed by atoms with van der Waals surface area (Å²) in [7, 11) is 0. The Labute approximate surface area is 98.2 Å². The van der Waals surface area contributed by atoms with Gasteiger partial charge in [-0.1, -0.05) is 11.6 Å². The van der Waals surface area contributed by atoms with Crippen LogP contribution in [0.15, 0.2) is 11.6 Å². The molecule has 0 atom stereocenters. The van der Waals surface area contributed by atoms with Gasteiger partial charge in [0.2, 0.25) is 0 Å². The van der Waals surface area contributed by atoms with Gasteiger partial charge in [-0.05, 0) is 53.9 Å². The van der Waals surface area contributed by atoms with E-state index in [-0.39, 0.29) is 11.6 Å².